The van der Waals surface area contributed by atoms with E-state index in [0.29, 0.717) is 48.7 Å². The van der Waals surface area contributed by atoms with Crippen LogP contribution in [0.1, 0.15) is 28.8 Å². The summed E-state index contributed by atoms with van der Waals surface area (Å²) in [4.78, 5) is 15.3. The number of hydrogen-bond acceptors (Lipinski definition) is 6. The molecule has 0 bridgehead atoms. The molecule has 0 atom stereocenters. The Labute approximate surface area is 207 Å². The van der Waals surface area contributed by atoms with Crippen LogP contribution >= 0.6 is 0 Å². The Morgan fingerprint density at radius 2 is 1.69 bits per heavy atom. The number of hydrogen-bond donors (Lipinski definition) is 1. The molecule has 4 rings (SSSR count). The van der Waals surface area contributed by atoms with E-state index in [1.54, 1.807) is 36.4 Å². The van der Waals surface area contributed by atoms with Crippen LogP contribution in [0, 0.1) is 23.0 Å². The summed E-state index contributed by atoms with van der Waals surface area (Å²) in [6.45, 7) is 1.14. The molecule has 186 valence electrons. The summed E-state index contributed by atoms with van der Waals surface area (Å²) in [5.74, 6) is -1.10. The van der Waals surface area contributed by atoms with Crippen molar-refractivity contribution in [3.63, 3.8) is 0 Å². The first kappa shape index (κ1) is 24.8. The van der Waals surface area contributed by atoms with Gasteiger partial charge in [-0.25, -0.2) is 8.78 Å². The van der Waals surface area contributed by atoms with Crippen LogP contribution in [0.25, 0.3) is 0 Å². The van der Waals surface area contributed by atoms with Gasteiger partial charge >= 0.3 is 0 Å². The van der Waals surface area contributed by atoms with Gasteiger partial charge < -0.3 is 24.4 Å². The van der Waals surface area contributed by atoms with Crippen LogP contribution in [-0.2, 0) is 0 Å². The molecule has 0 spiro atoms. The molecule has 0 radical (unpaired) electrons. The number of rotatable bonds is 7. The molecule has 0 aliphatic carbocycles. The lowest BCUT2D eigenvalue weighted by atomic mass is 10.0. The fourth-order valence-electron chi connectivity index (χ4n) is 4.21. The predicted molar refractivity (Wildman–Crippen MR) is 131 cm³/mol. The van der Waals surface area contributed by atoms with E-state index < -0.39 is 17.5 Å². The highest BCUT2D eigenvalue weighted by Gasteiger charge is 2.25. The number of carbonyl (C=O) groups is 1. The Hall–Kier alpha value is -4.32. The van der Waals surface area contributed by atoms with Crippen molar-refractivity contribution in [2.45, 2.75) is 18.9 Å². The number of anilines is 2. The molecule has 1 saturated heterocycles. The molecule has 7 nitrogen and oxygen atoms in total. The van der Waals surface area contributed by atoms with E-state index in [2.05, 4.69) is 16.3 Å². The highest BCUT2D eigenvalue weighted by molar-refractivity contribution is 6.09. The average Bonchev–Trinajstić information content (AvgIpc) is 2.90. The first-order valence-corrected chi connectivity index (χ1v) is 11.4. The molecule has 3 aromatic carbocycles. The number of ether oxygens (including phenoxy) is 3. The third-order valence-electron chi connectivity index (χ3n) is 6.00. The quantitative estimate of drug-likeness (QED) is 0.490. The number of nitrogens with one attached hydrogen (secondary N) is 1. The molecular weight excluding hydrogens is 468 g/mol. The van der Waals surface area contributed by atoms with Crippen LogP contribution in [0.4, 0.5) is 20.2 Å². The number of halogens is 2. The number of carbonyl (C=O) groups excluding carboxylic acids is 1. The highest BCUT2D eigenvalue weighted by atomic mass is 19.1. The normalized spacial score (nSPS) is 13.6. The van der Waals surface area contributed by atoms with Gasteiger partial charge in [0.25, 0.3) is 5.91 Å². The van der Waals surface area contributed by atoms with Gasteiger partial charge in [0.05, 0.1) is 37.2 Å². The van der Waals surface area contributed by atoms with Crippen molar-refractivity contribution in [2.75, 3.05) is 37.5 Å². The zero-order chi connectivity index (χ0) is 25.7. The number of nitrogens with zero attached hydrogens (tertiary/aromatic N) is 2. The van der Waals surface area contributed by atoms with E-state index in [-0.39, 0.29) is 17.4 Å². The lowest BCUT2D eigenvalue weighted by Gasteiger charge is -2.35. The summed E-state index contributed by atoms with van der Waals surface area (Å²) < 4.78 is 43.6. The topological polar surface area (TPSA) is 83.8 Å². The van der Waals surface area contributed by atoms with Gasteiger partial charge in [-0.1, -0.05) is 6.07 Å². The Morgan fingerprint density at radius 3 is 2.31 bits per heavy atom. The van der Waals surface area contributed by atoms with Crippen molar-refractivity contribution < 1.29 is 27.8 Å². The molecule has 36 heavy (non-hydrogen) atoms. The Balaban J connectivity index is 1.53. The van der Waals surface area contributed by atoms with Gasteiger partial charge in [-0.3, -0.25) is 4.79 Å². The van der Waals surface area contributed by atoms with Crippen molar-refractivity contribution in [1.82, 2.24) is 0 Å². The second-order valence-corrected chi connectivity index (χ2v) is 8.21. The van der Waals surface area contributed by atoms with Crippen LogP contribution in [0.3, 0.4) is 0 Å². The van der Waals surface area contributed by atoms with Crippen molar-refractivity contribution in [1.29, 1.82) is 5.26 Å². The summed E-state index contributed by atoms with van der Waals surface area (Å²) in [6.07, 6.45) is 0.935. The SMILES string of the molecule is COc1cccc(OC)c1C(=O)Nc1cc(C#N)ccc1N1CCC(Oc2ccc(F)cc2F)CC1. The lowest BCUT2D eigenvalue weighted by Crippen LogP contribution is -2.38. The molecule has 1 amide bonds. The van der Waals surface area contributed by atoms with Gasteiger partial charge in [0, 0.05) is 32.0 Å². The maximum Gasteiger partial charge on any atom is 0.263 e. The second kappa shape index (κ2) is 11.0. The Morgan fingerprint density at radius 1 is 1.00 bits per heavy atom. The monoisotopic (exact) mass is 493 g/mol. The van der Waals surface area contributed by atoms with Crippen molar-refractivity contribution in [2.24, 2.45) is 0 Å². The molecule has 0 saturated carbocycles. The summed E-state index contributed by atoms with van der Waals surface area (Å²) in [5.41, 5.74) is 1.84. The molecule has 1 fully saturated rings. The van der Waals surface area contributed by atoms with Crippen LogP contribution in [0.2, 0.25) is 0 Å². The smallest absolute Gasteiger partial charge is 0.263 e. The Bertz CT molecular complexity index is 1280. The van der Waals surface area contributed by atoms with Crippen LogP contribution in [-0.4, -0.2) is 39.3 Å². The van der Waals surface area contributed by atoms with E-state index in [1.807, 2.05) is 0 Å². The number of methoxy groups -OCH3 is 2. The molecule has 0 unspecified atom stereocenters. The van der Waals surface area contributed by atoms with E-state index in [1.165, 1.54) is 20.3 Å². The molecule has 1 aliphatic heterocycles. The van der Waals surface area contributed by atoms with Gasteiger partial charge in [-0.15, -0.1) is 0 Å². The van der Waals surface area contributed by atoms with Crippen LogP contribution in [0.5, 0.6) is 17.2 Å². The largest absolute Gasteiger partial charge is 0.496 e. The summed E-state index contributed by atoms with van der Waals surface area (Å²) >= 11 is 0. The molecule has 9 heteroatoms. The van der Waals surface area contributed by atoms with E-state index in [0.717, 1.165) is 17.8 Å². The fraction of sp³-hybridized carbons (Fsp3) is 0.259. The summed E-state index contributed by atoms with van der Waals surface area (Å²) in [5, 5.41) is 12.3. The van der Waals surface area contributed by atoms with Crippen molar-refractivity contribution in [3.8, 4) is 23.3 Å². The lowest BCUT2D eigenvalue weighted by molar-refractivity contribution is 0.102. The number of nitriles is 1. The standard InChI is InChI=1S/C27H25F2N3O4/c1-34-24-4-3-5-25(35-2)26(24)27(33)31-21-14-17(16-30)6-8-22(21)32-12-10-19(11-13-32)36-23-9-7-18(28)15-20(23)29/h3-9,14-15,19H,10-13H2,1-2H3,(H,31,33). The zero-order valence-corrected chi connectivity index (χ0v) is 19.9. The minimum absolute atomic E-state index is 0.0203. The molecule has 1 aliphatic rings. The third-order valence-corrected chi connectivity index (χ3v) is 6.00. The first-order valence-electron chi connectivity index (χ1n) is 11.4. The molecular formula is C27H25F2N3O4. The molecule has 3 aromatic rings. The molecule has 1 N–H and O–H groups in total. The second-order valence-electron chi connectivity index (χ2n) is 8.21. The van der Waals surface area contributed by atoms with Gasteiger partial charge in [-0.05, 0) is 42.5 Å². The highest BCUT2D eigenvalue weighted by Crippen LogP contribution is 2.34. The minimum Gasteiger partial charge on any atom is -0.496 e. The van der Waals surface area contributed by atoms with Crippen molar-refractivity contribution in [3.05, 3.63) is 77.4 Å². The van der Waals surface area contributed by atoms with Gasteiger partial charge in [0.15, 0.2) is 11.6 Å². The van der Waals surface area contributed by atoms with E-state index in [9.17, 15) is 18.8 Å². The van der Waals surface area contributed by atoms with Crippen LogP contribution in [0.15, 0.2) is 54.6 Å². The van der Waals surface area contributed by atoms with Gasteiger partial charge in [0.1, 0.15) is 29.0 Å². The maximum atomic E-state index is 14.0. The molecule has 0 aromatic heterocycles. The summed E-state index contributed by atoms with van der Waals surface area (Å²) in [6, 6.07) is 15.5. The molecule has 1 heterocycles. The summed E-state index contributed by atoms with van der Waals surface area (Å²) in [7, 11) is 2.94. The maximum absolute atomic E-state index is 14.0. The van der Waals surface area contributed by atoms with E-state index in [4.69, 9.17) is 14.2 Å². The van der Waals surface area contributed by atoms with Crippen molar-refractivity contribution >= 4 is 17.3 Å². The van der Waals surface area contributed by atoms with Gasteiger partial charge in [0.2, 0.25) is 0 Å². The third kappa shape index (κ3) is 5.33. The predicted octanol–water partition coefficient (Wildman–Crippen LogP) is 5.15. The zero-order valence-electron chi connectivity index (χ0n) is 19.9. The average molecular weight is 494 g/mol. The van der Waals surface area contributed by atoms with Crippen LogP contribution < -0.4 is 24.4 Å². The first-order chi connectivity index (χ1) is 17.4. The minimum atomic E-state index is -0.735. The number of piperidine rings is 1. The van der Waals surface area contributed by atoms with Gasteiger partial charge in [-0.2, -0.15) is 5.26 Å². The number of benzene rings is 3. The Kier molecular flexibility index (Phi) is 7.54. The number of amides is 1. The fourth-order valence-corrected chi connectivity index (χ4v) is 4.21. The van der Waals surface area contributed by atoms with E-state index >= 15 is 0 Å².